The van der Waals surface area contributed by atoms with Crippen molar-refractivity contribution in [2.75, 3.05) is 13.7 Å². The summed E-state index contributed by atoms with van der Waals surface area (Å²) < 4.78 is 4.53. The van der Waals surface area contributed by atoms with Crippen LogP contribution in [0.5, 0.6) is 0 Å². The zero-order valence-electron chi connectivity index (χ0n) is 10.2. The lowest BCUT2D eigenvalue weighted by Gasteiger charge is -2.04. The van der Waals surface area contributed by atoms with E-state index in [9.17, 15) is 9.59 Å². The third-order valence-corrected chi connectivity index (χ3v) is 2.21. The molecule has 1 amide bonds. The van der Waals surface area contributed by atoms with Crippen LogP contribution >= 0.6 is 0 Å². The number of unbranched alkanes of at least 4 members (excludes halogenated alkanes) is 3. The van der Waals surface area contributed by atoms with Crippen molar-refractivity contribution in [3.05, 3.63) is 12.2 Å². The van der Waals surface area contributed by atoms with Gasteiger partial charge in [-0.1, -0.05) is 19.4 Å². The number of carbonyl (C=O) groups excluding carboxylic acids is 2. The standard InChI is InChI=1S/C12H21NO3/c1-10(2)12(15)13-9-7-5-4-6-8-11(14)16-3/h1,4-9H2,2-3H3,(H,13,15). The summed E-state index contributed by atoms with van der Waals surface area (Å²) in [4.78, 5) is 21.9. The first kappa shape index (κ1) is 14.7. The zero-order valence-corrected chi connectivity index (χ0v) is 10.2. The molecule has 0 aromatic carbocycles. The van der Waals surface area contributed by atoms with E-state index < -0.39 is 0 Å². The molecule has 0 aromatic heterocycles. The van der Waals surface area contributed by atoms with E-state index in [1.807, 2.05) is 0 Å². The number of amides is 1. The Labute approximate surface area is 97.1 Å². The van der Waals surface area contributed by atoms with Gasteiger partial charge in [0, 0.05) is 18.5 Å². The Balaban J connectivity index is 3.25. The minimum atomic E-state index is -0.157. The van der Waals surface area contributed by atoms with Crippen molar-refractivity contribution in [3.63, 3.8) is 0 Å². The summed E-state index contributed by atoms with van der Waals surface area (Å²) >= 11 is 0. The number of esters is 1. The average molecular weight is 227 g/mol. The maximum atomic E-state index is 11.1. The molecule has 0 bridgehead atoms. The molecule has 0 spiro atoms. The van der Waals surface area contributed by atoms with E-state index in [0.29, 0.717) is 18.5 Å². The van der Waals surface area contributed by atoms with Crippen LogP contribution in [-0.2, 0) is 14.3 Å². The minimum Gasteiger partial charge on any atom is -0.469 e. The van der Waals surface area contributed by atoms with E-state index in [4.69, 9.17) is 0 Å². The maximum absolute atomic E-state index is 11.1. The van der Waals surface area contributed by atoms with E-state index >= 15 is 0 Å². The van der Waals surface area contributed by atoms with Crippen LogP contribution in [0.15, 0.2) is 12.2 Å². The fourth-order valence-corrected chi connectivity index (χ4v) is 1.20. The number of methoxy groups -OCH3 is 1. The van der Waals surface area contributed by atoms with Crippen LogP contribution < -0.4 is 5.32 Å². The Bertz CT molecular complexity index is 249. The number of hydrogen-bond acceptors (Lipinski definition) is 3. The second kappa shape index (κ2) is 8.95. The predicted molar refractivity (Wildman–Crippen MR) is 62.9 cm³/mol. The van der Waals surface area contributed by atoms with Gasteiger partial charge in [-0.15, -0.1) is 0 Å². The number of nitrogens with one attached hydrogen (secondary N) is 1. The Morgan fingerprint density at radius 3 is 2.38 bits per heavy atom. The van der Waals surface area contributed by atoms with Gasteiger partial charge in [0.25, 0.3) is 0 Å². The Kier molecular flexibility index (Phi) is 8.21. The lowest BCUT2D eigenvalue weighted by molar-refractivity contribution is -0.140. The largest absolute Gasteiger partial charge is 0.469 e. The summed E-state index contributed by atoms with van der Waals surface area (Å²) in [5.74, 6) is -0.245. The van der Waals surface area contributed by atoms with Gasteiger partial charge in [-0.2, -0.15) is 0 Å². The molecule has 16 heavy (non-hydrogen) atoms. The van der Waals surface area contributed by atoms with Crippen LogP contribution in [0.4, 0.5) is 0 Å². The van der Waals surface area contributed by atoms with Crippen LogP contribution in [0.25, 0.3) is 0 Å². The number of hydrogen-bond donors (Lipinski definition) is 1. The summed E-state index contributed by atoms with van der Waals surface area (Å²) in [6.45, 7) is 5.91. The van der Waals surface area contributed by atoms with Crippen molar-refractivity contribution in [2.45, 2.75) is 39.0 Å². The average Bonchev–Trinajstić information content (AvgIpc) is 2.26. The van der Waals surface area contributed by atoms with Crippen molar-refractivity contribution in [2.24, 2.45) is 0 Å². The van der Waals surface area contributed by atoms with E-state index in [-0.39, 0.29) is 11.9 Å². The quantitative estimate of drug-likeness (QED) is 0.391. The third kappa shape index (κ3) is 8.03. The molecule has 0 aliphatic heterocycles. The summed E-state index contributed by atoms with van der Waals surface area (Å²) in [6.07, 6.45) is 4.25. The fourth-order valence-electron chi connectivity index (χ4n) is 1.20. The van der Waals surface area contributed by atoms with E-state index in [2.05, 4.69) is 16.6 Å². The number of ether oxygens (including phenoxy) is 1. The molecular weight excluding hydrogens is 206 g/mol. The summed E-state index contributed by atoms with van der Waals surface area (Å²) in [5, 5.41) is 2.76. The molecule has 1 N–H and O–H groups in total. The zero-order chi connectivity index (χ0) is 12.4. The lowest BCUT2D eigenvalue weighted by atomic mass is 10.1. The van der Waals surface area contributed by atoms with Gasteiger partial charge in [0.05, 0.1) is 7.11 Å². The normalized spacial score (nSPS) is 9.62. The Morgan fingerprint density at radius 1 is 1.19 bits per heavy atom. The van der Waals surface area contributed by atoms with E-state index in [1.54, 1.807) is 6.92 Å². The molecule has 0 fully saturated rings. The molecule has 0 saturated carbocycles. The van der Waals surface area contributed by atoms with Gasteiger partial charge in [-0.3, -0.25) is 9.59 Å². The molecule has 92 valence electrons. The topological polar surface area (TPSA) is 55.4 Å². The summed E-state index contributed by atoms with van der Waals surface area (Å²) in [7, 11) is 1.40. The van der Waals surface area contributed by atoms with Crippen LogP contribution in [0.1, 0.15) is 39.0 Å². The van der Waals surface area contributed by atoms with Crippen molar-refractivity contribution in [1.82, 2.24) is 5.32 Å². The minimum absolute atomic E-state index is 0.0884. The molecule has 0 saturated heterocycles. The van der Waals surface area contributed by atoms with E-state index in [0.717, 1.165) is 25.7 Å². The van der Waals surface area contributed by atoms with Crippen molar-refractivity contribution < 1.29 is 14.3 Å². The molecule has 4 heteroatoms. The molecule has 0 aliphatic rings. The van der Waals surface area contributed by atoms with E-state index in [1.165, 1.54) is 7.11 Å². The molecule has 0 aromatic rings. The molecule has 0 unspecified atom stereocenters. The molecular formula is C12H21NO3. The molecule has 4 nitrogen and oxygen atoms in total. The summed E-state index contributed by atoms with van der Waals surface area (Å²) in [6, 6.07) is 0. The fraction of sp³-hybridized carbons (Fsp3) is 0.667. The lowest BCUT2D eigenvalue weighted by Crippen LogP contribution is -2.24. The van der Waals surface area contributed by atoms with Gasteiger partial charge in [0.1, 0.15) is 0 Å². The molecule has 0 heterocycles. The van der Waals surface area contributed by atoms with Crippen LogP contribution in [0.3, 0.4) is 0 Å². The molecule has 0 atom stereocenters. The van der Waals surface area contributed by atoms with Gasteiger partial charge in [-0.05, 0) is 19.8 Å². The Morgan fingerprint density at radius 2 is 1.81 bits per heavy atom. The third-order valence-electron chi connectivity index (χ3n) is 2.21. The Hall–Kier alpha value is -1.32. The van der Waals surface area contributed by atoms with Crippen molar-refractivity contribution >= 4 is 11.9 Å². The van der Waals surface area contributed by atoms with Crippen molar-refractivity contribution in [3.8, 4) is 0 Å². The highest BCUT2D eigenvalue weighted by molar-refractivity contribution is 5.91. The molecule has 0 aliphatic carbocycles. The SMILES string of the molecule is C=C(C)C(=O)NCCCCCCC(=O)OC. The second-order valence-corrected chi connectivity index (χ2v) is 3.78. The van der Waals surface area contributed by atoms with Crippen LogP contribution in [0, 0.1) is 0 Å². The van der Waals surface area contributed by atoms with Gasteiger partial charge in [-0.25, -0.2) is 0 Å². The highest BCUT2D eigenvalue weighted by atomic mass is 16.5. The second-order valence-electron chi connectivity index (χ2n) is 3.78. The first-order chi connectivity index (χ1) is 7.57. The highest BCUT2D eigenvalue weighted by Crippen LogP contribution is 2.03. The molecule has 0 rings (SSSR count). The summed E-state index contributed by atoms with van der Waals surface area (Å²) in [5.41, 5.74) is 0.533. The number of carbonyl (C=O) groups is 2. The van der Waals surface area contributed by atoms with Gasteiger partial charge in [0.15, 0.2) is 0 Å². The highest BCUT2D eigenvalue weighted by Gasteiger charge is 2.01. The van der Waals surface area contributed by atoms with Crippen LogP contribution in [-0.4, -0.2) is 25.5 Å². The first-order valence-electron chi connectivity index (χ1n) is 5.58. The monoisotopic (exact) mass is 227 g/mol. The predicted octanol–water partition coefficient (Wildman–Crippen LogP) is 1.80. The molecule has 0 radical (unpaired) electrons. The van der Waals surface area contributed by atoms with Gasteiger partial charge < -0.3 is 10.1 Å². The van der Waals surface area contributed by atoms with Crippen molar-refractivity contribution in [1.29, 1.82) is 0 Å². The van der Waals surface area contributed by atoms with Gasteiger partial charge in [0.2, 0.25) is 5.91 Å². The smallest absolute Gasteiger partial charge is 0.305 e. The van der Waals surface area contributed by atoms with Crippen LogP contribution in [0.2, 0.25) is 0 Å². The van der Waals surface area contributed by atoms with Gasteiger partial charge >= 0.3 is 5.97 Å². The first-order valence-corrected chi connectivity index (χ1v) is 5.58. The number of rotatable bonds is 8. The maximum Gasteiger partial charge on any atom is 0.305 e.